The van der Waals surface area contributed by atoms with Crippen molar-refractivity contribution in [1.82, 2.24) is 19.6 Å². The Bertz CT molecular complexity index is 1060. The fourth-order valence-corrected chi connectivity index (χ4v) is 3.24. The van der Waals surface area contributed by atoms with Gasteiger partial charge in [0.25, 0.3) is 0 Å². The zero-order valence-corrected chi connectivity index (χ0v) is 15.5. The summed E-state index contributed by atoms with van der Waals surface area (Å²) in [5.74, 6) is 0.563. The molecule has 1 atom stereocenters. The summed E-state index contributed by atoms with van der Waals surface area (Å²) >= 11 is 0. The van der Waals surface area contributed by atoms with E-state index in [1.807, 2.05) is 60.9 Å². The smallest absolute Gasteiger partial charge is 0.243 e. The van der Waals surface area contributed by atoms with Crippen LogP contribution in [0.1, 0.15) is 5.56 Å². The highest BCUT2D eigenvalue weighted by atomic mass is 32.2. The second-order valence-corrected chi connectivity index (χ2v) is 7.20. The van der Waals surface area contributed by atoms with Crippen LogP contribution in [-0.2, 0) is 17.3 Å². The molecule has 1 unspecified atom stereocenters. The quantitative estimate of drug-likeness (QED) is 0.571. The van der Waals surface area contributed by atoms with Crippen LogP contribution in [0, 0.1) is 0 Å². The summed E-state index contributed by atoms with van der Waals surface area (Å²) in [5, 5.41) is 7.71. The molecule has 0 fully saturated rings. The first kappa shape index (κ1) is 18.7. The highest BCUT2D eigenvalue weighted by Gasteiger charge is 2.10. The number of rotatable bonds is 5. The number of fused-ring (bicyclic) bond motifs is 1. The Morgan fingerprint density at radius 2 is 1.93 bits per heavy atom. The van der Waals surface area contributed by atoms with Gasteiger partial charge in [-0.05, 0) is 41.5 Å². The molecule has 0 aliphatic carbocycles. The van der Waals surface area contributed by atoms with Crippen molar-refractivity contribution in [2.24, 2.45) is 0 Å². The van der Waals surface area contributed by atoms with Gasteiger partial charge in [-0.2, -0.15) is 4.98 Å². The Morgan fingerprint density at radius 3 is 2.63 bits per heavy atom. The molecule has 3 heterocycles. The van der Waals surface area contributed by atoms with E-state index < -0.39 is 10.8 Å². The fraction of sp³-hybridized carbons (Fsp3) is 0.105. The summed E-state index contributed by atoms with van der Waals surface area (Å²) in [6.07, 6.45) is 7.11. The Morgan fingerprint density at radius 1 is 1.11 bits per heavy atom. The number of anilines is 1. The number of nitrogens with zero attached hydrogens (tertiary/aromatic N) is 4. The minimum atomic E-state index is -0.986. The summed E-state index contributed by atoms with van der Waals surface area (Å²) in [6, 6.07) is 15.5. The van der Waals surface area contributed by atoms with Gasteiger partial charge in [-0.3, -0.25) is 9.19 Å². The number of pyridine rings is 2. The van der Waals surface area contributed by atoms with Crippen molar-refractivity contribution in [3.05, 3.63) is 72.7 Å². The predicted molar refractivity (Wildman–Crippen MR) is 106 cm³/mol. The van der Waals surface area contributed by atoms with Gasteiger partial charge in [0.2, 0.25) is 5.95 Å². The molecule has 3 aromatic heterocycles. The molecule has 3 N–H and O–H groups in total. The van der Waals surface area contributed by atoms with Crippen LogP contribution in [0.3, 0.4) is 0 Å². The molecule has 0 saturated carbocycles. The van der Waals surface area contributed by atoms with Gasteiger partial charge in [-0.15, -0.1) is 5.10 Å². The third-order valence-electron chi connectivity index (χ3n) is 4.03. The average molecular weight is 381 g/mol. The minimum Gasteiger partial charge on any atom is -0.412 e. The highest BCUT2D eigenvalue weighted by molar-refractivity contribution is 7.84. The predicted octanol–water partition coefficient (Wildman–Crippen LogP) is 2.32. The number of nitrogens with one attached hydrogen (secondary N) is 1. The summed E-state index contributed by atoms with van der Waals surface area (Å²) in [4.78, 5) is 9.53. The summed E-state index contributed by atoms with van der Waals surface area (Å²) < 4.78 is 13.3. The van der Waals surface area contributed by atoms with Crippen molar-refractivity contribution in [2.45, 2.75) is 11.4 Å². The van der Waals surface area contributed by atoms with E-state index in [1.165, 1.54) is 0 Å². The van der Waals surface area contributed by atoms with E-state index in [1.54, 1.807) is 17.0 Å². The van der Waals surface area contributed by atoms with Gasteiger partial charge in [0.05, 0.1) is 0 Å². The van der Waals surface area contributed by atoms with Gasteiger partial charge in [-0.1, -0.05) is 18.2 Å². The lowest BCUT2D eigenvalue weighted by Gasteiger charge is -2.04. The lowest BCUT2D eigenvalue weighted by Crippen LogP contribution is -2.01. The van der Waals surface area contributed by atoms with E-state index in [9.17, 15) is 4.21 Å². The molecule has 27 heavy (non-hydrogen) atoms. The second-order valence-electron chi connectivity index (χ2n) is 5.82. The number of hydrogen-bond donors (Lipinski definition) is 1. The van der Waals surface area contributed by atoms with Crippen LogP contribution in [0.2, 0.25) is 0 Å². The second kappa shape index (κ2) is 8.07. The van der Waals surface area contributed by atoms with E-state index >= 15 is 0 Å². The fourth-order valence-electron chi connectivity index (χ4n) is 2.72. The van der Waals surface area contributed by atoms with Crippen LogP contribution in [-0.4, -0.2) is 35.5 Å². The van der Waals surface area contributed by atoms with Crippen molar-refractivity contribution in [2.75, 3.05) is 11.6 Å². The SMILES string of the molecule is CS(=O)c1ccc(-c2cccn3nc(NCc4cccnc4)nc23)cc1.O. The van der Waals surface area contributed by atoms with Gasteiger partial charge in [0.15, 0.2) is 5.65 Å². The molecule has 0 aliphatic rings. The first-order chi connectivity index (χ1) is 12.7. The maximum atomic E-state index is 11.6. The van der Waals surface area contributed by atoms with E-state index in [0.717, 1.165) is 27.2 Å². The van der Waals surface area contributed by atoms with Crippen LogP contribution >= 0.6 is 0 Å². The first-order valence-electron chi connectivity index (χ1n) is 8.13. The Hall–Kier alpha value is -3.10. The van der Waals surface area contributed by atoms with Crippen LogP contribution in [0.15, 0.2) is 72.0 Å². The van der Waals surface area contributed by atoms with Crippen molar-refractivity contribution in [3.8, 4) is 11.1 Å². The molecule has 0 aliphatic heterocycles. The molecule has 0 saturated heterocycles. The maximum Gasteiger partial charge on any atom is 0.243 e. The van der Waals surface area contributed by atoms with Gasteiger partial charge in [-0.25, -0.2) is 4.52 Å². The van der Waals surface area contributed by atoms with E-state index in [2.05, 4.69) is 20.4 Å². The van der Waals surface area contributed by atoms with Crippen LogP contribution < -0.4 is 5.32 Å². The highest BCUT2D eigenvalue weighted by Crippen LogP contribution is 2.25. The Balaban J connectivity index is 0.00000210. The summed E-state index contributed by atoms with van der Waals surface area (Å²) in [6.45, 7) is 0.608. The van der Waals surface area contributed by atoms with E-state index in [4.69, 9.17) is 0 Å². The molecular formula is C19H19N5O2S. The summed E-state index contributed by atoms with van der Waals surface area (Å²) in [5.41, 5.74) is 3.82. The molecule has 0 radical (unpaired) electrons. The Kier molecular flexibility index (Phi) is 5.58. The van der Waals surface area contributed by atoms with Gasteiger partial charge < -0.3 is 10.8 Å². The van der Waals surface area contributed by atoms with E-state index in [0.29, 0.717) is 12.5 Å². The van der Waals surface area contributed by atoms with Gasteiger partial charge >= 0.3 is 0 Å². The zero-order chi connectivity index (χ0) is 17.9. The van der Waals surface area contributed by atoms with Crippen LogP contribution in [0.4, 0.5) is 5.95 Å². The van der Waals surface area contributed by atoms with Gasteiger partial charge in [0.1, 0.15) is 0 Å². The third kappa shape index (κ3) is 4.02. The molecule has 7 nitrogen and oxygen atoms in total. The monoisotopic (exact) mass is 381 g/mol. The molecule has 8 heteroatoms. The van der Waals surface area contributed by atoms with Crippen molar-refractivity contribution in [1.29, 1.82) is 0 Å². The molecular weight excluding hydrogens is 362 g/mol. The van der Waals surface area contributed by atoms with E-state index in [-0.39, 0.29) is 5.48 Å². The zero-order valence-electron chi connectivity index (χ0n) is 14.7. The normalized spacial score (nSPS) is 11.7. The Labute approximate surface area is 158 Å². The van der Waals surface area contributed by atoms with Crippen molar-refractivity contribution >= 4 is 22.4 Å². The lowest BCUT2D eigenvalue weighted by molar-refractivity contribution is 0.687. The van der Waals surface area contributed by atoms with Crippen molar-refractivity contribution in [3.63, 3.8) is 0 Å². The van der Waals surface area contributed by atoms with Gasteiger partial charge in [0, 0.05) is 52.6 Å². The van der Waals surface area contributed by atoms with Crippen molar-refractivity contribution < 1.29 is 9.69 Å². The number of benzene rings is 1. The largest absolute Gasteiger partial charge is 0.412 e. The standard InChI is InChI=1S/C19H17N5OS.H2O/c1-26(25)16-8-6-15(7-9-16)17-5-3-11-24-18(17)22-19(23-24)21-13-14-4-2-10-20-12-14;/h2-12H,13H2,1H3,(H,21,23);1H2. The number of aromatic nitrogens is 4. The molecule has 0 amide bonds. The molecule has 0 bridgehead atoms. The molecule has 1 aromatic carbocycles. The topological polar surface area (TPSA) is 104 Å². The lowest BCUT2D eigenvalue weighted by atomic mass is 10.1. The molecule has 4 rings (SSSR count). The van der Waals surface area contributed by atoms with Crippen LogP contribution in [0.5, 0.6) is 0 Å². The first-order valence-corrected chi connectivity index (χ1v) is 9.68. The molecule has 138 valence electrons. The number of hydrogen-bond acceptors (Lipinski definition) is 5. The summed E-state index contributed by atoms with van der Waals surface area (Å²) in [7, 11) is -0.986. The molecule has 0 spiro atoms. The minimum absolute atomic E-state index is 0. The van der Waals surface area contributed by atoms with Crippen LogP contribution in [0.25, 0.3) is 16.8 Å². The molecule has 4 aromatic rings. The third-order valence-corrected chi connectivity index (χ3v) is 4.97. The maximum absolute atomic E-state index is 11.6. The average Bonchev–Trinajstić information content (AvgIpc) is 3.10.